The van der Waals surface area contributed by atoms with Gasteiger partial charge in [0.25, 0.3) is 0 Å². The molecular formula is C13H16N2O. The van der Waals surface area contributed by atoms with Crippen molar-refractivity contribution in [2.24, 2.45) is 0 Å². The Kier molecular flexibility index (Phi) is 3.37. The van der Waals surface area contributed by atoms with Crippen LogP contribution in [0.2, 0.25) is 0 Å². The molecule has 0 aliphatic carbocycles. The van der Waals surface area contributed by atoms with Crippen LogP contribution in [0.25, 0.3) is 11.1 Å². The van der Waals surface area contributed by atoms with Crippen molar-refractivity contribution in [3.8, 4) is 11.1 Å². The van der Waals surface area contributed by atoms with Crippen LogP contribution >= 0.6 is 0 Å². The summed E-state index contributed by atoms with van der Waals surface area (Å²) in [6.45, 7) is 2.98. The lowest BCUT2D eigenvalue weighted by molar-refractivity contribution is 0.382. The van der Waals surface area contributed by atoms with Crippen LogP contribution in [0.1, 0.15) is 11.3 Å². The summed E-state index contributed by atoms with van der Waals surface area (Å²) in [5.41, 5.74) is 3.52. The second-order valence-corrected chi connectivity index (χ2v) is 3.89. The van der Waals surface area contributed by atoms with E-state index in [-0.39, 0.29) is 0 Å². The third kappa shape index (κ3) is 2.31. The van der Waals surface area contributed by atoms with Crippen LogP contribution in [-0.2, 0) is 6.42 Å². The van der Waals surface area contributed by atoms with E-state index in [1.807, 2.05) is 7.05 Å². The second kappa shape index (κ2) is 4.94. The first-order chi connectivity index (χ1) is 7.81. The molecule has 0 bridgehead atoms. The Labute approximate surface area is 95.5 Å². The summed E-state index contributed by atoms with van der Waals surface area (Å²) < 4.78 is 5.27. The molecule has 0 aliphatic rings. The quantitative estimate of drug-likeness (QED) is 0.853. The zero-order chi connectivity index (χ0) is 11.4. The van der Waals surface area contributed by atoms with Crippen molar-refractivity contribution in [1.29, 1.82) is 0 Å². The number of aryl methyl sites for hydroxylation is 1. The van der Waals surface area contributed by atoms with Gasteiger partial charge in [-0.05, 0) is 19.5 Å². The standard InChI is InChI=1S/C13H16N2O/c1-10-4-3-5-11(8-10)12-9-15-16-13(12)6-7-14-2/h3-5,8-9,14H,6-7H2,1-2H3. The minimum atomic E-state index is 0.861. The van der Waals surface area contributed by atoms with Crippen molar-refractivity contribution in [2.45, 2.75) is 13.3 Å². The maximum atomic E-state index is 5.27. The Morgan fingerprint density at radius 2 is 2.25 bits per heavy atom. The van der Waals surface area contributed by atoms with E-state index in [0.29, 0.717) is 0 Å². The molecular weight excluding hydrogens is 200 g/mol. The molecule has 2 aromatic rings. The summed E-state index contributed by atoms with van der Waals surface area (Å²) in [5, 5.41) is 6.99. The summed E-state index contributed by atoms with van der Waals surface area (Å²) in [6.07, 6.45) is 2.65. The van der Waals surface area contributed by atoms with Crippen molar-refractivity contribution in [3.05, 3.63) is 41.8 Å². The number of nitrogens with zero attached hydrogens (tertiary/aromatic N) is 1. The van der Waals surface area contributed by atoms with E-state index < -0.39 is 0 Å². The number of benzene rings is 1. The highest BCUT2D eigenvalue weighted by atomic mass is 16.5. The average molecular weight is 216 g/mol. The van der Waals surface area contributed by atoms with Crippen LogP contribution in [0.4, 0.5) is 0 Å². The molecule has 16 heavy (non-hydrogen) atoms. The third-order valence-corrected chi connectivity index (χ3v) is 2.58. The first-order valence-electron chi connectivity index (χ1n) is 5.46. The predicted octanol–water partition coefficient (Wildman–Crippen LogP) is 2.41. The summed E-state index contributed by atoms with van der Waals surface area (Å²) >= 11 is 0. The van der Waals surface area contributed by atoms with Crippen LogP contribution in [-0.4, -0.2) is 18.7 Å². The van der Waals surface area contributed by atoms with Crippen LogP contribution in [0.3, 0.4) is 0 Å². The molecule has 1 aromatic heterocycles. The maximum Gasteiger partial charge on any atom is 0.145 e. The SMILES string of the molecule is CNCCc1oncc1-c1cccc(C)c1. The topological polar surface area (TPSA) is 38.1 Å². The van der Waals surface area contributed by atoms with Gasteiger partial charge in [-0.3, -0.25) is 0 Å². The number of hydrogen-bond acceptors (Lipinski definition) is 3. The molecule has 3 heteroatoms. The predicted molar refractivity (Wildman–Crippen MR) is 64.3 cm³/mol. The number of nitrogens with one attached hydrogen (secondary N) is 1. The normalized spacial score (nSPS) is 10.6. The summed E-state index contributed by atoms with van der Waals surface area (Å²) in [6, 6.07) is 8.38. The number of hydrogen-bond donors (Lipinski definition) is 1. The van der Waals surface area contributed by atoms with Gasteiger partial charge in [0, 0.05) is 18.5 Å². The lowest BCUT2D eigenvalue weighted by Gasteiger charge is -2.02. The first-order valence-corrected chi connectivity index (χ1v) is 5.46. The van der Waals surface area contributed by atoms with E-state index in [4.69, 9.17) is 4.52 Å². The fourth-order valence-electron chi connectivity index (χ4n) is 1.73. The molecule has 1 heterocycles. The molecule has 2 rings (SSSR count). The summed E-state index contributed by atoms with van der Waals surface area (Å²) in [7, 11) is 1.93. The van der Waals surface area contributed by atoms with Gasteiger partial charge in [-0.2, -0.15) is 0 Å². The highest BCUT2D eigenvalue weighted by molar-refractivity contribution is 5.65. The third-order valence-electron chi connectivity index (χ3n) is 2.58. The molecule has 0 unspecified atom stereocenters. The zero-order valence-electron chi connectivity index (χ0n) is 9.66. The molecule has 1 N–H and O–H groups in total. The zero-order valence-corrected chi connectivity index (χ0v) is 9.66. The van der Waals surface area contributed by atoms with Gasteiger partial charge in [-0.15, -0.1) is 0 Å². The van der Waals surface area contributed by atoms with Gasteiger partial charge in [0.1, 0.15) is 5.76 Å². The van der Waals surface area contributed by atoms with Crippen molar-refractivity contribution in [3.63, 3.8) is 0 Å². The lowest BCUT2D eigenvalue weighted by atomic mass is 10.0. The van der Waals surface area contributed by atoms with Crippen molar-refractivity contribution < 1.29 is 4.52 Å². The fraction of sp³-hybridized carbons (Fsp3) is 0.308. The average Bonchev–Trinajstić information content (AvgIpc) is 2.74. The molecule has 0 spiro atoms. The van der Waals surface area contributed by atoms with Gasteiger partial charge >= 0.3 is 0 Å². The Bertz CT molecular complexity index is 462. The van der Waals surface area contributed by atoms with E-state index in [9.17, 15) is 0 Å². The second-order valence-electron chi connectivity index (χ2n) is 3.89. The molecule has 0 fully saturated rings. The van der Waals surface area contributed by atoms with Crippen LogP contribution in [0.15, 0.2) is 35.0 Å². The lowest BCUT2D eigenvalue weighted by Crippen LogP contribution is -2.10. The van der Waals surface area contributed by atoms with E-state index in [1.54, 1.807) is 6.20 Å². The molecule has 3 nitrogen and oxygen atoms in total. The van der Waals surface area contributed by atoms with E-state index in [0.717, 1.165) is 24.3 Å². The Balaban J connectivity index is 2.29. The van der Waals surface area contributed by atoms with Crippen LogP contribution in [0.5, 0.6) is 0 Å². The van der Waals surface area contributed by atoms with Crippen LogP contribution < -0.4 is 5.32 Å². The van der Waals surface area contributed by atoms with Gasteiger partial charge < -0.3 is 9.84 Å². The number of aromatic nitrogens is 1. The van der Waals surface area contributed by atoms with Gasteiger partial charge in [0.2, 0.25) is 0 Å². The van der Waals surface area contributed by atoms with E-state index in [2.05, 4.69) is 41.7 Å². The fourth-order valence-corrected chi connectivity index (χ4v) is 1.73. The molecule has 0 atom stereocenters. The van der Waals surface area contributed by atoms with E-state index in [1.165, 1.54) is 11.1 Å². The van der Waals surface area contributed by atoms with Gasteiger partial charge in [-0.1, -0.05) is 35.0 Å². The minimum absolute atomic E-state index is 0.861. The van der Waals surface area contributed by atoms with Crippen molar-refractivity contribution >= 4 is 0 Å². The van der Waals surface area contributed by atoms with Gasteiger partial charge in [-0.25, -0.2) is 0 Å². The molecule has 0 saturated heterocycles. The monoisotopic (exact) mass is 216 g/mol. The number of rotatable bonds is 4. The Hall–Kier alpha value is -1.61. The summed E-state index contributed by atoms with van der Waals surface area (Å²) in [5.74, 6) is 0.944. The minimum Gasteiger partial charge on any atom is -0.361 e. The largest absolute Gasteiger partial charge is 0.361 e. The first kappa shape index (κ1) is 10.9. The van der Waals surface area contributed by atoms with Crippen molar-refractivity contribution in [1.82, 2.24) is 10.5 Å². The molecule has 0 amide bonds. The highest BCUT2D eigenvalue weighted by Gasteiger charge is 2.09. The highest BCUT2D eigenvalue weighted by Crippen LogP contribution is 2.24. The smallest absolute Gasteiger partial charge is 0.145 e. The Morgan fingerprint density at radius 3 is 3.00 bits per heavy atom. The summed E-state index contributed by atoms with van der Waals surface area (Å²) in [4.78, 5) is 0. The molecule has 84 valence electrons. The molecule has 0 aliphatic heterocycles. The van der Waals surface area contributed by atoms with Gasteiger partial charge in [0.05, 0.1) is 6.20 Å². The molecule has 0 radical (unpaired) electrons. The number of likely N-dealkylation sites (N-methyl/N-ethyl adjacent to an activating group) is 1. The van der Waals surface area contributed by atoms with E-state index >= 15 is 0 Å². The maximum absolute atomic E-state index is 5.27. The Morgan fingerprint density at radius 1 is 1.38 bits per heavy atom. The molecule has 0 saturated carbocycles. The van der Waals surface area contributed by atoms with Crippen molar-refractivity contribution in [2.75, 3.05) is 13.6 Å². The van der Waals surface area contributed by atoms with Crippen LogP contribution in [0, 0.1) is 6.92 Å². The molecule has 1 aromatic carbocycles. The van der Waals surface area contributed by atoms with Gasteiger partial charge in [0.15, 0.2) is 0 Å².